The summed E-state index contributed by atoms with van der Waals surface area (Å²) in [6.45, 7) is 0.684. The van der Waals surface area contributed by atoms with Crippen LogP contribution in [-0.4, -0.2) is 12.5 Å². The third-order valence-corrected chi connectivity index (χ3v) is 4.07. The number of halogens is 1. The molecule has 2 aliphatic rings. The molecule has 1 saturated carbocycles. The number of benzene rings is 1. The SMILES string of the molecule is NC1C(=O)N(CC2CCCC2)c2cc(F)ccc21. The first kappa shape index (κ1) is 11.7. The Morgan fingerprint density at radius 2 is 2.06 bits per heavy atom. The number of carbonyl (C=O) groups is 1. The summed E-state index contributed by atoms with van der Waals surface area (Å²) in [5, 5.41) is 0. The van der Waals surface area contributed by atoms with Gasteiger partial charge >= 0.3 is 0 Å². The van der Waals surface area contributed by atoms with Gasteiger partial charge in [0.05, 0.1) is 5.69 Å². The van der Waals surface area contributed by atoms with Gasteiger partial charge in [0.15, 0.2) is 0 Å². The first-order valence-electron chi connectivity index (χ1n) is 6.53. The van der Waals surface area contributed by atoms with Crippen molar-refractivity contribution >= 4 is 11.6 Å². The first-order chi connectivity index (χ1) is 8.66. The van der Waals surface area contributed by atoms with E-state index in [1.165, 1.54) is 25.0 Å². The lowest BCUT2D eigenvalue weighted by Crippen LogP contribution is -2.35. The lowest BCUT2D eigenvalue weighted by molar-refractivity contribution is -0.119. The molecule has 0 radical (unpaired) electrons. The standard InChI is InChI=1S/C14H17FN2O/c15-10-5-6-11-12(7-10)17(14(18)13(11)16)8-9-3-1-2-4-9/h5-7,9,13H,1-4,8,16H2. The molecule has 1 aromatic rings. The Balaban J connectivity index is 1.90. The van der Waals surface area contributed by atoms with Crippen LogP contribution >= 0.6 is 0 Å². The molecule has 1 atom stereocenters. The van der Waals surface area contributed by atoms with Gasteiger partial charge in [-0.25, -0.2) is 4.39 Å². The predicted molar refractivity (Wildman–Crippen MR) is 67.6 cm³/mol. The van der Waals surface area contributed by atoms with Crippen LogP contribution in [0.1, 0.15) is 37.3 Å². The lowest BCUT2D eigenvalue weighted by Gasteiger charge is -2.21. The number of carbonyl (C=O) groups excluding carboxylic acids is 1. The molecule has 0 bridgehead atoms. The van der Waals surface area contributed by atoms with Gasteiger partial charge in [0.25, 0.3) is 0 Å². The molecule has 1 fully saturated rings. The van der Waals surface area contributed by atoms with Crippen molar-refractivity contribution in [1.82, 2.24) is 0 Å². The van der Waals surface area contributed by atoms with Gasteiger partial charge in [-0.2, -0.15) is 0 Å². The average Bonchev–Trinajstić information content (AvgIpc) is 2.93. The predicted octanol–water partition coefficient (Wildman–Crippen LogP) is 2.36. The summed E-state index contributed by atoms with van der Waals surface area (Å²) in [5.41, 5.74) is 7.31. The highest BCUT2D eigenvalue weighted by molar-refractivity contribution is 6.04. The van der Waals surface area contributed by atoms with Crippen LogP contribution in [0.2, 0.25) is 0 Å². The minimum atomic E-state index is -0.623. The van der Waals surface area contributed by atoms with Gasteiger partial charge in [0.1, 0.15) is 11.9 Å². The molecule has 3 nitrogen and oxygen atoms in total. The zero-order chi connectivity index (χ0) is 12.7. The summed E-state index contributed by atoms with van der Waals surface area (Å²) in [4.78, 5) is 13.8. The highest BCUT2D eigenvalue weighted by atomic mass is 19.1. The van der Waals surface area contributed by atoms with E-state index in [4.69, 9.17) is 5.73 Å². The van der Waals surface area contributed by atoms with Crippen molar-refractivity contribution in [3.8, 4) is 0 Å². The molecule has 3 rings (SSSR count). The first-order valence-corrected chi connectivity index (χ1v) is 6.53. The van der Waals surface area contributed by atoms with Gasteiger partial charge in [0.2, 0.25) is 5.91 Å². The number of hydrogen-bond donors (Lipinski definition) is 1. The van der Waals surface area contributed by atoms with Gasteiger partial charge in [-0.15, -0.1) is 0 Å². The van der Waals surface area contributed by atoms with Crippen LogP contribution in [0, 0.1) is 11.7 Å². The van der Waals surface area contributed by atoms with E-state index in [0.717, 1.165) is 18.4 Å². The zero-order valence-electron chi connectivity index (χ0n) is 10.2. The third-order valence-electron chi connectivity index (χ3n) is 4.07. The van der Waals surface area contributed by atoms with E-state index >= 15 is 0 Å². The Bertz CT molecular complexity index is 483. The average molecular weight is 248 g/mol. The molecule has 96 valence electrons. The number of anilines is 1. The molecule has 0 aromatic heterocycles. The molecule has 1 aliphatic heterocycles. The van der Waals surface area contributed by atoms with E-state index in [9.17, 15) is 9.18 Å². The monoisotopic (exact) mass is 248 g/mol. The Kier molecular flexibility index (Phi) is 2.82. The second kappa shape index (κ2) is 4.35. The summed E-state index contributed by atoms with van der Waals surface area (Å²) in [6.07, 6.45) is 4.77. The zero-order valence-corrected chi connectivity index (χ0v) is 10.2. The Morgan fingerprint density at radius 3 is 2.78 bits per heavy atom. The van der Waals surface area contributed by atoms with E-state index in [1.807, 2.05) is 0 Å². The number of hydrogen-bond acceptors (Lipinski definition) is 2. The highest BCUT2D eigenvalue weighted by Crippen LogP contribution is 2.37. The van der Waals surface area contributed by atoms with Crippen LogP contribution in [0.3, 0.4) is 0 Å². The molecule has 2 N–H and O–H groups in total. The summed E-state index contributed by atoms with van der Waals surface area (Å²) in [7, 11) is 0. The fourth-order valence-electron chi connectivity index (χ4n) is 3.07. The Labute approximate surface area is 106 Å². The molecule has 1 amide bonds. The van der Waals surface area contributed by atoms with Gasteiger partial charge in [-0.1, -0.05) is 18.9 Å². The van der Waals surface area contributed by atoms with Gasteiger partial charge in [-0.3, -0.25) is 4.79 Å². The van der Waals surface area contributed by atoms with E-state index < -0.39 is 6.04 Å². The van der Waals surface area contributed by atoms with E-state index in [2.05, 4.69) is 0 Å². The maximum Gasteiger partial charge on any atom is 0.248 e. The quantitative estimate of drug-likeness (QED) is 0.873. The molecule has 0 saturated heterocycles. The number of amides is 1. The van der Waals surface area contributed by atoms with Crippen molar-refractivity contribution in [1.29, 1.82) is 0 Å². The molecule has 1 aromatic carbocycles. The summed E-state index contributed by atoms with van der Waals surface area (Å²) < 4.78 is 13.3. The van der Waals surface area contributed by atoms with Crippen LogP contribution in [0.4, 0.5) is 10.1 Å². The largest absolute Gasteiger partial charge is 0.316 e. The minimum absolute atomic E-state index is 0.0949. The second-order valence-electron chi connectivity index (χ2n) is 5.28. The number of rotatable bonds is 2. The van der Waals surface area contributed by atoms with E-state index in [0.29, 0.717) is 18.2 Å². The molecule has 1 unspecified atom stereocenters. The molecular formula is C14H17FN2O. The Morgan fingerprint density at radius 1 is 1.33 bits per heavy atom. The van der Waals surface area contributed by atoms with Crippen molar-refractivity contribution in [3.05, 3.63) is 29.6 Å². The molecule has 0 spiro atoms. The second-order valence-corrected chi connectivity index (χ2v) is 5.28. The topological polar surface area (TPSA) is 46.3 Å². The molecule has 1 heterocycles. The molecular weight excluding hydrogens is 231 g/mol. The third kappa shape index (κ3) is 1.81. The normalized spacial score (nSPS) is 23.8. The number of nitrogens with zero attached hydrogens (tertiary/aromatic N) is 1. The fourth-order valence-corrected chi connectivity index (χ4v) is 3.07. The molecule has 18 heavy (non-hydrogen) atoms. The summed E-state index contributed by atoms with van der Waals surface area (Å²) in [5.74, 6) is 0.130. The highest BCUT2D eigenvalue weighted by Gasteiger charge is 2.36. The van der Waals surface area contributed by atoms with Gasteiger partial charge in [-0.05, 0) is 30.9 Å². The maximum absolute atomic E-state index is 13.3. The minimum Gasteiger partial charge on any atom is -0.316 e. The van der Waals surface area contributed by atoms with Crippen molar-refractivity contribution in [2.24, 2.45) is 11.7 Å². The number of fused-ring (bicyclic) bond motifs is 1. The fraction of sp³-hybridized carbons (Fsp3) is 0.500. The van der Waals surface area contributed by atoms with Crippen molar-refractivity contribution in [3.63, 3.8) is 0 Å². The maximum atomic E-state index is 13.3. The van der Waals surface area contributed by atoms with Gasteiger partial charge in [0, 0.05) is 12.1 Å². The van der Waals surface area contributed by atoms with E-state index in [-0.39, 0.29) is 11.7 Å². The van der Waals surface area contributed by atoms with Crippen molar-refractivity contribution in [2.75, 3.05) is 11.4 Å². The van der Waals surface area contributed by atoms with Crippen LogP contribution in [0.5, 0.6) is 0 Å². The van der Waals surface area contributed by atoms with Crippen LogP contribution in [0.15, 0.2) is 18.2 Å². The lowest BCUT2D eigenvalue weighted by atomic mass is 10.1. The van der Waals surface area contributed by atoms with Crippen LogP contribution in [-0.2, 0) is 4.79 Å². The molecule has 1 aliphatic carbocycles. The van der Waals surface area contributed by atoms with Crippen molar-refractivity contribution in [2.45, 2.75) is 31.7 Å². The summed E-state index contributed by atoms with van der Waals surface area (Å²) in [6, 6.07) is 3.80. The smallest absolute Gasteiger partial charge is 0.248 e. The van der Waals surface area contributed by atoms with E-state index in [1.54, 1.807) is 11.0 Å². The molecule has 4 heteroatoms. The van der Waals surface area contributed by atoms with Crippen LogP contribution in [0.25, 0.3) is 0 Å². The van der Waals surface area contributed by atoms with Crippen LogP contribution < -0.4 is 10.6 Å². The Hall–Kier alpha value is -1.42. The van der Waals surface area contributed by atoms with Gasteiger partial charge < -0.3 is 10.6 Å². The summed E-state index contributed by atoms with van der Waals surface area (Å²) >= 11 is 0. The number of nitrogens with two attached hydrogens (primary N) is 1. The van der Waals surface area contributed by atoms with Crippen molar-refractivity contribution < 1.29 is 9.18 Å².